The molecule has 0 aromatic carbocycles. The molecule has 0 atom stereocenters. The van der Waals surface area contributed by atoms with E-state index in [0.29, 0.717) is 17.7 Å². The van der Waals surface area contributed by atoms with Crippen LogP contribution in [0.4, 0.5) is 0 Å². The van der Waals surface area contributed by atoms with Gasteiger partial charge in [-0.25, -0.2) is 0 Å². The minimum Gasteiger partial charge on any atom is -0.409 e. The van der Waals surface area contributed by atoms with Crippen LogP contribution >= 0.6 is 0 Å². The number of nitrogens with one attached hydrogen (secondary N) is 1. The molecular weight excluding hydrogens is 214 g/mol. The van der Waals surface area contributed by atoms with E-state index < -0.39 is 0 Å². The summed E-state index contributed by atoms with van der Waals surface area (Å²) in [6.45, 7) is 8.80. The molecule has 0 aromatic heterocycles. The number of rotatable bonds is 10. The SMILES string of the molecule is CCCCCC(C)(C)CNCCCC(N)=NO. The fourth-order valence-corrected chi connectivity index (χ4v) is 1.81. The van der Waals surface area contributed by atoms with Gasteiger partial charge < -0.3 is 16.3 Å². The van der Waals surface area contributed by atoms with Gasteiger partial charge in [-0.3, -0.25) is 0 Å². The van der Waals surface area contributed by atoms with Crippen LogP contribution in [0.1, 0.15) is 59.3 Å². The summed E-state index contributed by atoms with van der Waals surface area (Å²) in [4.78, 5) is 0. The molecule has 102 valence electrons. The number of nitrogens with two attached hydrogens (primary N) is 1. The smallest absolute Gasteiger partial charge is 0.139 e. The maximum absolute atomic E-state index is 8.38. The number of unbranched alkanes of at least 4 members (excludes halogenated alkanes) is 2. The molecule has 0 unspecified atom stereocenters. The number of amidine groups is 1. The predicted molar refractivity (Wildman–Crippen MR) is 73.4 cm³/mol. The van der Waals surface area contributed by atoms with Crippen molar-refractivity contribution in [3.05, 3.63) is 0 Å². The summed E-state index contributed by atoms with van der Waals surface area (Å²) in [5.74, 6) is 0.314. The lowest BCUT2D eigenvalue weighted by molar-refractivity contribution is 0.302. The average Bonchev–Trinajstić information content (AvgIpc) is 2.28. The molecule has 0 heterocycles. The van der Waals surface area contributed by atoms with Gasteiger partial charge in [0.05, 0.1) is 0 Å². The Hall–Kier alpha value is -0.770. The minimum absolute atomic E-state index is 0.314. The maximum Gasteiger partial charge on any atom is 0.139 e. The molecule has 0 radical (unpaired) electrons. The monoisotopic (exact) mass is 243 g/mol. The van der Waals surface area contributed by atoms with Crippen LogP contribution in [0.2, 0.25) is 0 Å². The van der Waals surface area contributed by atoms with Crippen molar-refractivity contribution in [2.45, 2.75) is 59.3 Å². The van der Waals surface area contributed by atoms with Crippen LogP contribution in [-0.4, -0.2) is 24.1 Å². The van der Waals surface area contributed by atoms with Crippen molar-refractivity contribution in [2.75, 3.05) is 13.1 Å². The number of nitrogens with zero attached hydrogens (tertiary/aromatic N) is 1. The van der Waals surface area contributed by atoms with Crippen LogP contribution in [0.3, 0.4) is 0 Å². The zero-order valence-electron chi connectivity index (χ0n) is 11.6. The van der Waals surface area contributed by atoms with E-state index in [0.717, 1.165) is 19.5 Å². The van der Waals surface area contributed by atoms with Crippen molar-refractivity contribution >= 4 is 5.84 Å². The van der Waals surface area contributed by atoms with Gasteiger partial charge in [0.1, 0.15) is 5.84 Å². The lowest BCUT2D eigenvalue weighted by Gasteiger charge is -2.25. The first-order valence-corrected chi connectivity index (χ1v) is 6.69. The fourth-order valence-electron chi connectivity index (χ4n) is 1.81. The van der Waals surface area contributed by atoms with Gasteiger partial charge in [-0.15, -0.1) is 0 Å². The summed E-state index contributed by atoms with van der Waals surface area (Å²) in [7, 11) is 0. The fraction of sp³-hybridized carbons (Fsp3) is 0.923. The van der Waals surface area contributed by atoms with Gasteiger partial charge in [0, 0.05) is 13.0 Å². The Morgan fingerprint density at radius 2 is 2.00 bits per heavy atom. The predicted octanol–water partition coefficient (Wildman–Crippen LogP) is 2.71. The van der Waals surface area contributed by atoms with Crippen molar-refractivity contribution in [3.63, 3.8) is 0 Å². The molecule has 4 N–H and O–H groups in total. The highest BCUT2D eigenvalue weighted by Gasteiger charge is 2.16. The third-order valence-electron chi connectivity index (χ3n) is 2.98. The first kappa shape index (κ1) is 16.2. The van der Waals surface area contributed by atoms with E-state index in [1.807, 2.05) is 0 Å². The van der Waals surface area contributed by atoms with E-state index in [1.165, 1.54) is 25.7 Å². The summed E-state index contributed by atoms with van der Waals surface area (Å²) in [5, 5.41) is 14.8. The standard InChI is InChI=1S/C13H29N3O/c1-4-5-6-9-13(2,3)11-15-10-7-8-12(14)16-17/h15,17H,4-11H2,1-3H3,(H2,14,16). The summed E-state index contributed by atoms with van der Waals surface area (Å²) >= 11 is 0. The Bertz CT molecular complexity index is 215. The molecule has 0 bridgehead atoms. The zero-order valence-corrected chi connectivity index (χ0v) is 11.6. The molecule has 0 aliphatic carbocycles. The molecule has 0 amide bonds. The lowest BCUT2D eigenvalue weighted by Crippen LogP contribution is -2.30. The first-order chi connectivity index (χ1) is 8.02. The minimum atomic E-state index is 0.314. The Morgan fingerprint density at radius 3 is 2.59 bits per heavy atom. The van der Waals surface area contributed by atoms with Gasteiger partial charge in [-0.05, 0) is 24.8 Å². The molecular formula is C13H29N3O. The normalized spacial score (nSPS) is 13.0. The van der Waals surface area contributed by atoms with Crippen LogP contribution in [0.5, 0.6) is 0 Å². The highest BCUT2D eigenvalue weighted by molar-refractivity contribution is 5.79. The molecule has 0 saturated carbocycles. The first-order valence-electron chi connectivity index (χ1n) is 6.69. The second-order valence-corrected chi connectivity index (χ2v) is 5.49. The molecule has 0 saturated heterocycles. The average molecular weight is 243 g/mol. The number of oxime groups is 1. The number of hydrogen-bond donors (Lipinski definition) is 3. The highest BCUT2D eigenvalue weighted by Crippen LogP contribution is 2.22. The Balaban J connectivity index is 3.51. The van der Waals surface area contributed by atoms with Crippen molar-refractivity contribution in [1.29, 1.82) is 0 Å². The molecule has 0 aliphatic heterocycles. The molecule has 0 fully saturated rings. The zero-order chi connectivity index (χ0) is 13.1. The van der Waals surface area contributed by atoms with Crippen molar-refractivity contribution in [2.24, 2.45) is 16.3 Å². The van der Waals surface area contributed by atoms with E-state index in [9.17, 15) is 0 Å². The van der Waals surface area contributed by atoms with E-state index in [-0.39, 0.29) is 0 Å². The quantitative estimate of drug-likeness (QED) is 0.182. The highest BCUT2D eigenvalue weighted by atomic mass is 16.4. The van der Waals surface area contributed by atoms with Gasteiger partial charge in [-0.1, -0.05) is 45.2 Å². The summed E-state index contributed by atoms with van der Waals surface area (Å²) in [5.41, 5.74) is 5.76. The summed E-state index contributed by atoms with van der Waals surface area (Å²) in [6.07, 6.45) is 6.76. The third-order valence-corrected chi connectivity index (χ3v) is 2.98. The molecule has 0 aromatic rings. The molecule has 4 heteroatoms. The number of hydrogen-bond acceptors (Lipinski definition) is 3. The Kier molecular flexibility index (Phi) is 8.86. The van der Waals surface area contributed by atoms with Crippen molar-refractivity contribution < 1.29 is 5.21 Å². The van der Waals surface area contributed by atoms with E-state index in [4.69, 9.17) is 10.9 Å². The van der Waals surface area contributed by atoms with Gasteiger partial charge in [0.25, 0.3) is 0 Å². The van der Waals surface area contributed by atoms with Crippen LogP contribution in [-0.2, 0) is 0 Å². The van der Waals surface area contributed by atoms with Gasteiger partial charge >= 0.3 is 0 Å². The topological polar surface area (TPSA) is 70.6 Å². The Labute approximate surface area is 106 Å². The molecule has 0 spiro atoms. The summed E-state index contributed by atoms with van der Waals surface area (Å²) < 4.78 is 0. The molecule has 4 nitrogen and oxygen atoms in total. The molecule has 0 rings (SSSR count). The largest absolute Gasteiger partial charge is 0.409 e. The van der Waals surface area contributed by atoms with Gasteiger partial charge in [-0.2, -0.15) is 0 Å². The van der Waals surface area contributed by atoms with Crippen molar-refractivity contribution in [3.8, 4) is 0 Å². The second kappa shape index (κ2) is 9.28. The van der Waals surface area contributed by atoms with E-state index in [2.05, 4.69) is 31.2 Å². The van der Waals surface area contributed by atoms with E-state index in [1.54, 1.807) is 0 Å². The van der Waals surface area contributed by atoms with Gasteiger partial charge in [0.2, 0.25) is 0 Å². The Morgan fingerprint density at radius 1 is 1.29 bits per heavy atom. The van der Waals surface area contributed by atoms with Crippen LogP contribution in [0.15, 0.2) is 5.16 Å². The maximum atomic E-state index is 8.38. The summed E-state index contributed by atoms with van der Waals surface area (Å²) in [6, 6.07) is 0. The molecule has 0 aliphatic rings. The van der Waals surface area contributed by atoms with Crippen LogP contribution in [0, 0.1) is 5.41 Å². The van der Waals surface area contributed by atoms with Crippen molar-refractivity contribution in [1.82, 2.24) is 5.32 Å². The van der Waals surface area contributed by atoms with Crippen LogP contribution in [0.25, 0.3) is 0 Å². The van der Waals surface area contributed by atoms with Crippen LogP contribution < -0.4 is 11.1 Å². The molecule has 17 heavy (non-hydrogen) atoms. The third kappa shape index (κ3) is 10.1. The lowest BCUT2D eigenvalue weighted by atomic mass is 9.87. The van der Waals surface area contributed by atoms with Gasteiger partial charge in [0.15, 0.2) is 0 Å². The second-order valence-electron chi connectivity index (χ2n) is 5.49. The van der Waals surface area contributed by atoms with E-state index >= 15 is 0 Å².